The van der Waals surface area contributed by atoms with Gasteiger partial charge in [-0.2, -0.15) is 0 Å². The molecule has 0 aliphatic rings. The molecule has 2 aromatic rings. The maximum absolute atomic E-state index is 9.43. The number of rotatable bonds is 8. The van der Waals surface area contributed by atoms with Crippen LogP contribution in [0.5, 0.6) is 5.75 Å². The first-order chi connectivity index (χ1) is 10.6. The van der Waals surface area contributed by atoms with Crippen molar-refractivity contribution in [2.24, 2.45) is 5.92 Å². The van der Waals surface area contributed by atoms with E-state index in [2.05, 4.69) is 24.1 Å². The van der Waals surface area contributed by atoms with E-state index in [1.165, 1.54) is 9.88 Å². The van der Waals surface area contributed by atoms with Crippen LogP contribution in [0.4, 0.5) is 5.69 Å². The highest BCUT2D eigenvalue weighted by Crippen LogP contribution is 2.24. The van der Waals surface area contributed by atoms with Crippen molar-refractivity contribution in [2.75, 3.05) is 11.9 Å². The highest BCUT2D eigenvalue weighted by Gasteiger charge is 2.06. The first-order valence-corrected chi connectivity index (χ1v) is 8.48. The van der Waals surface area contributed by atoms with Crippen LogP contribution < -0.4 is 10.1 Å². The maximum Gasteiger partial charge on any atom is 0.124 e. The lowest BCUT2D eigenvalue weighted by molar-refractivity contribution is 0.267. The van der Waals surface area contributed by atoms with Gasteiger partial charge < -0.3 is 15.2 Å². The molecule has 0 spiro atoms. The molecule has 0 radical (unpaired) electrons. The average molecular weight is 320 g/mol. The Bertz CT molecular complexity index is 596. The molecule has 0 atom stereocenters. The topological polar surface area (TPSA) is 54.4 Å². The molecule has 4 nitrogen and oxygen atoms in total. The normalized spacial score (nSPS) is 11.0. The Morgan fingerprint density at radius 1 is 1.36 bits per heavy atom. The second-order valence-electron chi connectivity index (χ2n) is 5.59. The van der Waals surface area contributed by atoms with Crippen LogP contribution >= 0.6 is 11.3 Å². The lowest BCUT2D eigenvalue weighted by atomic mass is 10.1. The number of aliphatic hydroxyl groups excluding tert-OH is 1. The lowest BCUT2D eigenvalue weighted by Gasteiger charge is -2.11. The SMILES string of the molecule is CCOc1ccc(NCc2cnc(CC(C)C)s2)cc1CO. The van der Waals surface area contributed by atoms with Crippen LogP contribution in [0.15, 0.2) is 24.4 Å². The van der Waals surface area contributed by atoms with Gasteiger partial charge >= 0.3 is 0 Å². The minimum absolute atomic E-state index is 0.0239. The number of benzene rings is 1. The van der Waals surface area contributed by atoms with Gasteiger partial charge in [0.15, 0.2) is 0 Å². The summed E-state index contributed by atoms with van der Waals surface area (Å²) < 4.78 is 5.49. The Hall–Kier alpha value is -1.59. The number of hydrogen-bond acceptors (Lipinski definition) is 5. The number of aromatic nitrogens is 1. The molecule has 0 bridgehead atoms. The monoisotopic (exact) mass is 320 g/mol. The van der Waals surface area contributed by atoms with E-state index in [4.69, 9.17) is 4.74 Å². The first-order valence-electron chi connectivity index (χ1n) is 7.66. The zero-order valence-electron chi connectivity index (χ0n) is 13.4. The lowest BCUT2D eigenvalue weighted by Crippen LogP contribution is -2.01. The largest absolute Gasteiger partial charge is 0.494 e. The van der Waals surface area contributed by atoms with Gasteiger partial charge in [0.05, 0.1) is 24.8 Å². The number of aliphatic hydroxyl groups is 1. The third-order valence-electron chi connectivity index (χ3n) is 3.18. The van der Waals surface area contributed by atoms with Gasteiger partial charge in [-0.15, -0.1) is 11.3 Å². The van der Waals surface area contributed by atoms with Gasteiger partial charge in [0.1, 0.15) is 5.75 Å². The van der Waals surface area contributed by atoms with Crippen LogP contribution in [0.25, 0.3) is 0 Å². The summed E-state index contributed by atoms with van der Waals surface area (Å²) in [5.74, 6) is 1.37. The van der Waals surface area contributed by atoms with Crippen molar-refractivity contribution in [3.8, 4) is 5.75 Å². The van der Waals surface area contributed by atoms with Crippen LogP contribution in [0.2, 0.25) is 0 Å². The third-order valence-corrected chi connectivity index (χ3v) is 4.20. The van der Waals surface area contributed by atoms with Crippen molar-refractivity contribution < 1.29 is 9.84 Å². The molecule has 0 saturated heterocycles. The summed E-state index contributed by atoms with van der Waals surface area (Å²) in [5, 5.41) is 14.0. The first kappa shape index (κ1) is 16.8. The van der Waals surface area contributed by atoms with Gasteiger partial charge in [-0.3, -0.25) is 0 Å². The standard InChI is InChI=1S/C17H24N2O2S/c1-4-21-16-6-5-14(8-13(16)11-20)18-9-15-10-19-17(22-15)7-12(2)3/h5-6,8,10,12,18,20H,4,7,9,11H2,1-3H3. The Morgan fingerprint density at radius 2 is 2.18 bits per heavy atom. The summed E-state index contributed by atoms with van der Waals surface area (Å²) in [7, 11) is 0. The Labute approximate surface area is 136 Å². The molecule has 5 heteroatoms. The number of hydrogen-bond donors (Lipinski definition) is 2. The van der Waals surface area contributed by atoms with E-state index >= 15 is 0 Å². The number of nitrogens with zero attached hydrogens (tertiary/aromatic N) is 1. The fraction of sp³-hybridized carbons (Fsp3) is 0.471. The second kappa shape index (κ2) is 8.15. The van der Waals surface area contributed by atoms with Gasteiger partial charge in [-0.05, 0) is 31.0 Å². The molecule has 1 aromatic heterocycles. The van der Waals surface area contributed by atoms with Crippen molar-refractivity contribution >= 4 is 17.0 Å². The van der Waals surface area contributed by atoms with E-state index in [0.717, 1.165) is 30.0 Å². The smallest absolute Gasteiger partial charge is 0.124 e. The van der Waals surface area contributed by atoms with Crippen molar-refractivity contribution in [3.05, 3.63) is 39.8 Å². The fourth-order valence-corrected chi connectivity index (χ4v) is 3.25. The number of ether oxygens (including phenoxy) is 1. The van der Waals surface area contributed by atoms with Gasteiger partial charge in [0.25, 0.3) is 0 Å². The summed E-state index contributed by atoms with van der Waals surface area (Å²) in [5.41, 5.74) is 1.78. The molecule has 1 heterocycles. The summed E-state index contributed by atoms with van der Waals surface area (Å²) in [6.45, 7) is 7.66. The zero-order chi connectivity index (χ0) is 15.9. The Balaban J connectivity index is 1.97. The Morgan fingerprint density at radius 3 is 2.86 bits per heavy atom. The average Bonchev–Trinajstić information content (AvgIpc) is 2.93. The molecule has 0 saturated carbocycles. The van der Waals surface area contributed by atoms with Gasteiger partial charge in [-0.25, -0.2) is 4.98 Å². The van der Waals surface area contributed by atoms with Gasteiger partial charge in [-0.1, -0.05) is 13.8 Å². The highest BCUT2D eigenvalue weighted by atomic mass is 32.1. The minimum Gasteiger partial charge on any atom is -0.494 e. The molecule has 0 aliphatic heterocycles. The Kier molecular flexibility index (Phi) is 6.21. The van der Waals surface area contributed by atoms with E-state index in [-0.39, 0.29) is 6.61 Å². The predicted molar refractivity (Wildman–Crippen MR) is 91.5 cm³/mol. The number of anilines is 1. The summed E-state index contributed by atoms with van der Waals surface area (Å²) in [4.78, 5) is 5.68. The second-order valence-corrected chi connectivity index (χ2v) is 6.79. The van der Waals surface area contributed by atoms with Crippen LogP contribution in [-0.4, -0.2) is 16.7 Å². The van der Waals surface area contributed by atoms with Crippen LogP contribution in [-0.2, 0) is 19.6 Å². The maximum atomic E-state index is 9.43. The summed E-state index contributed by atoms with van der Waals surface area (Å²) >= 11 is 1.75. The van der Waals surface area contributed by atoms with Crippen molar-refractivity contribution in [1.82, 2.24) is 4.98 Å². The molecule has 22 heavy (non-hydrogen) atoms. The number of nitrogens with one attached hydrogen (secondary N) is 1. The van der Waals surface area contributed by atoms with Crippen molar-refractivity contribution in [1.29, 1.82) is 0 Å². The summed E-state index contributed by atoms with van der Waals surface area (Å²) in [6, 6.07) is 5.80. The number of thiazole rings is 1. The van der Waals surface area contributed by atoms with Crippen LogP contribution in [0, 0.1) is 5.92 Å². The predicted octanol–water partition coefficient (Wildman–Crippen LogP) is 3.84. The van der Waals surface area contributed by atoms with Gasteiger partial charge in [0.2, 0.25) is 0 Å². The van der Waals surface area contributed by atoms with E-state index in [9.17, 15) is 5.11 Å². The molecular formula is C17H24N2O2S. The molecule has 0 aliphatic carbocycles. The van der Waals surface area contributed by atoms with E-state index in [1.807, 2.05) is 31.3 Å². The summed E-state index contributed by atoms with van der Waals surface area (Å²) in [6.07, 6.45) is 2.97. The van der Waals surface area contributed by atoms with Crippen molar-refractivity contribution in [2.45, 2.75) is 40.3 Å². The quantitative estimate of drug-likeness (QED) is 0.776. The minimum atomic E-state index is -0.0239. The molecule has 0 fully saturated rings. The van der Waals surface area contributed by atoms with Crippen LogP contribution in [0.1, 0.15) is 36.2 Å². The molecule has 0 unspecified atom stereocenters. The molecule has 0 amide bonds. The highest BCUT2D eigenvalue weighted by molar-refractivity contribution is 7.11. The van der Waals surface area contributed by atoms with Gasteiger partial charge in [0, 0.05) is 28.7 Å². The molecule has 2 N–H and O–H groups in total. The van der Waals surface area contributed by atoms with E-state index < -0.39 is 0 Å². The molecule has 120 valence electrons. The molecule has 2 rings (SSSR count). The van der Waals surface area contributed by atoms with Crippen LogP contribution in [0.3, 0.4) is 0 Å². The van der Waals surface area contributed by atoms with Crippen molar-refractivity contribution in [3.63, 3.8) is 0 Å². The van der Waals surface area contributed by atoms with E-state index in [1.54, 1.807) is 11.3 Å². The molecular weight excluding hydrogens is 296 g/mol. The zero-order valence-corrected chi connectivity index (χ0v) is 14.2. The van der Waals surface area contributed by atoms with E-state index in [0.29, 0.717) is 12.5 Å². The molecule has 1 aromatic carbocycles. The fourth-order valence-electron chi connectivity index (χ4n) is 2.17. The third kappa shape index (κ3) is 4.71.